The van der Waals surface area contributed by atoms with Crippen molar-refractivity contribution in [3.8, 4) is 5.75 Å². The predicted molar refractivity (Wildman–Crippen MR) is 73.5 cm³/mol. The van der Waals surface area contributed by atoms with Crippen LogP contribution in [0.4, 0.5) is 4.39 Å². The fourth-order valence-electron chi connectivity index (χ4n) is 1.63. The maximum absolute atomic E-state index is 13.6. The van der Waals surface area contributed by atoms with Gasteiger partial charge in [-0.05, 0) is 30.5 Å². The van der Waals surface area contributed by atoms with E-state index in [2.05, 4.69) is 33.0 Å². The smallest absolute Gasteiger partial charge is 0.165 e. The van der Waals surface area contributed by atoms with Crippen molar-refractivity contribution in [2.75, 3.05) is 6.54 Å². The van der Waals surface area contributed by atoms with Gasteiger partial charge in [-0.15, -0.1) is 0 Å². The van der Waals surface area contributed by atoms with E-state index in [-0.39, 0.29) is 11.9 Å². The molecule has 0 amide bonds. The van der Waals surface area contributed by atoms with Crippen LogP contribution in [0.3, 0.4) is 0 Å². The van der Waals surface area contributed by atoms with Gasteiger partial charge in [0, 0.05) is 12.6 Å². The molecule has 1 aromatic rings. The monoisotopic (exact) mass is 253 g/mol. The van der Waals surface area contributed by atoms with Gasteiger partial charge >= 0.3 is 0 Å². The van der Waals surface area contributed by atoms with E-state index in [4.69, 9.17) is 4.74 Å². The number of halogens is 1. The first-order valence-corrected chi connectivity index (χ1v) is 6.56. The van der Waals surface area contributed by atoms with E-state index in [9.17, 15) is 4.39 Å². The van der Waals surface area contributed by atoms with Crippen molar-refractivity contribution in [1.29, 1.82) is 0 Å². The molecule has 18 heavy (non-hydrogen) atoms. The largest absolute Gasteiger partial charge is 0.486 e. The Morgan fingerprint density at radius 3 is 2.44 bits per heavy atom. The molecule has 0 fully saturated rings. The Morgan fingerprint density at radius 2 is 1.89 bits per heavy atom. The van der Waals surface area contributed by atoms with Crippen molar-refractivity contribution in [3.05, 3.63) is 29.6 Å². The molecule has 0 aliphatic heterocycles. The van der Waals surface area contributed by atoms with Gasteiger partial charge in [-0.3, -0.25) is 0 Å². The second kappa shape index (κ2) is 6.74. The van der Waals surface area contributed by atoms with Gasteiger partial charge in [0.1, 0.15) is 6.10 Å². The van der Waals surface area contributed by atoms with Crippen molar-refractivity contribution < 1.29 is 9.13 Å². The summed E-state index contributed by atoms with van der Waals surface area (Å²) in [7, 11) is 0. The summed E-state index contributed by atoms with van der Waals surface area (Å²) in [6, 6.07) is 5.36. The predicted octanol–water partition coefficient (Wildman–Crippen LogP) is 3.54. The third kappa shape index (κ3) is 4.65. The zero-order valence-corrected chi connectivity index (χ0v) is 12.0. The highest BCUT2D eigenvalue weighted by molar-refractivity contribution is 5.29. The molecule has 1 atom stereocenters. The molecule has 1 unspecified atom stereocenters. The van der Waals surface area contributed by atoms with Gasteiger partial charge in [0.05, 0.1) is 0 Å². The molecule has 0 aliphatic carbocycles. The van der Waals surface area contributed by atoms with E-state index in [1.54, 1.807) is 12.1 Å². The van der Waals surface area contributed by atoms with E-state index in [0.717, 1.165) is 12.1 Å². The summed E-state index contributed by atoms with van der Waals surface area (Å²) in [5, 5.41) is 3.33. The van der Waals surface area contributed by atoms with Gasteiger partial charge in [0.15, 0.2) is 11.6 Å². The lowest BCUT2D eigenvalue weighted by molar-refractivity contribution is 0.140. The molecule has 2 nitrogen and oxygen atoms in total. The van der Waals surface area contributed by atoms with Crippen LogP contribution in [0.2, 0.25) is 0 Å². The van der Waals surface area contributed by atoms with Gasteiger partial charge in [-0.1, -0.05) is 33.8 Å². The number of hydrogen-bond donors (Lipinski definition) is 1. The molecular weight excluding hydrogens is 229 g/mol. The topological polar surface area (TPSA) is 21.3 Å². The molecule has 0 bridgehead atoms. The lowest BCUT2D eigenvalue weighted by atomic mass is 10.1. The number of ether oxygens (including phenoxy) is 1. The normalized spacial score (nSPS) is 13.1. The molecule has 0 aliphatic rings. The first-order chi connectivity index (χ1) is 8.40. The number of benzene rings is 1. The molecular formula is C15H24FNO. The van der Waals surface area contributed by atoms with Gasteiger partial charge in [0.25, 0.3) is 0 Å². The SMILES string of the molecule is Cc1ccc(F)c(OC(CNC(C)C)C(C)C)c1. The van der Waals surface area contributed by atoms with E-state index in [1.807, 2.05) is 6.92 Å². The Balaban J connectivity index is 2.73. The van der Waals surface area contributed by atoms with Crippen LogP contribution in [0, 0.1) is 18.7 Å². The van der Waals surface area contributed by atoms with Crippen LogP contribution in [0.5, 0.6) is 5.75 Å². The summed E-state index contributed by atoms with van der Waals surface area (Å²) in [5.74, 6) is 0.381. The van der Waals surface area contributed by atoms with E-state index in [0.29, 0.717) is 17.7 Å². The average Bonchev–Trinajstić information content (AvgIpc) is 2.28. The molecule has 1 rings (SSSR count). The third-order valence-corrected chi connectivity index (χ3v) is 2.84. The summed E-state index contributed by atoms with van der Waals surface area (Å²) in [4.78, 5) is 0. The molecule has 0 aromatic heterocycles. The Morgan fingerprint density at radius 1 is 1.22 bits per heavy atom. The summed E-state index contributed by atoms with van der Waals surface area (Å²) in [5.41, 5.74) is 1.01. The van der Waals surface area contributed by atoms with Crippen LogP contribution < -0.4 is 10.1 Å². The lowest BCUT2D eigenvalue weighted by Gasteiger charge is -2.24. The Hall–Kier alpha value is -1.09. The highest BCUT2D eigenvalue weighted by atomic mass is 19.1. The average molecular weight is 253 g/mol. The number of hydrogen-bond acceptors (Lipinski definition) is 2. The minimum Gasteiger partial charge on any atom is -0.486 e. The number of nitrogens with one attached hydrogen (secondary N) is 1. The highest BCUT2D eigenvalue weighted by Crippen LogP contribution is 2.21. The lowest BCUT2D eigenvalue weighted by Crippen LogP contribution is -2.38. The minimum atomic E-state index is -0.296. The van der Waals surface area contributed by atoms with Crippen molar-refractivity contribution in [2.24, 2.45) is 5.92 Å². The zero-order valence-electron chi connectivity index (χ0n) is 12.0. The van der Waals surface area contributed by atoms with Crippen LogP contribution >= 0.6 is 0 Å². The van der Waals surface area contributed by atoms with Gasteiger partial charge in [-0.25, -0.2) is 4.39 Å². The summed E-state index contributed by atoms with van der Waals surface area (Å²) in [6.07, 6.45) is -0.0244. The van der Waals surface area contributed by atoms with Crippen molar-refractivity contribution in [3.63, 3.8) is 0 Å². The van der Waals surface area contributed by atoms with Crippen LogP contribution in [0.15, 0.2) is 18.2 Å². The molecule has 102 valence electrons. The molecule has 0 heterocycles. The summed E-state index contributed by atoms with van der Waals surface area (Å²) in [6.45, 7) is 11.0. The van der Waals surface area contributed by atoms with Crippen LogP contribution in [0.1, 0.15) is 33.3 Å². The van der Waals surface area contributed by atoms with E-state index >= 15 is 0 Å². The quantitative estimate of drug-likeness (QED) is 0.837. The molecule has 0 spiro atoms. The first-order valence-electron chi connectivity index (χ1n) is 6.56. The molecule has 0 saturated heterocycles. The maximum Gasteiger partial charge on any atom is 0.165 e. The van der Waals surface area contributed by atoms with Crippen LogP contribution in [-0.4, -0.2) is 18.7 Å². The molecule has 1 aromatic carbocycles. The Kier molecular flexibility index (Phi) is 5.60. The summed E-state index contributed by atoms with van der Waals surface area (Å²) >= 11 is 0. The van der Waals surface area contributed by atoms with Crippen LogP contribution in [0.25, 0.3) is 0 Å². The second-order valence-electron chi connectivity index (χ2n) is 5.40. The number of aryl methyl sites for hydroxylation is 1. The standard InChI is InChI=1S/C15H24FNO/c1-10(2)15(9-17-11(3)4)18-14-8-12(5)6-7-13(14)16/h6-8,10-11,15,17H,9H2,1-5H3. The minimum absolute atomic E-state index is 0.0244. The maximum atomic E-state index is 13.6. The highest BCUT2D eigenvalue weighted by Gasteiger charge is 2.17. The Bertz CT molecular complexity index is 377. The fourth-order valence-corrected chi connectivity index (χ4v) is 1.63. The second-order valence-corrected chi connectivity index (χ2v) is 5.40. The zero-order chi connectivity index (χ0) is 13.7. The van der Waals surface area contributed by atoms with E-state index in [1.165, 1.54) is 6.07 Å². The van der Waals surface area contributed by atoms with Gasteiger partial charge in [0.2, 0.25) is 0 Å². The summed E-state index contributed by atoms with van der Waals surface area (Å²) < 4.78 is 19.4. The van der Waals surface area contributed by atoms with Crippen molar-refractivity contribution in [2.45, 2.75) is 46.8 Å². The van der Waals surface area contributed by atoms with Gasteiger partial charge in [-0.2, -0.15) is 0 Å². The van der Waals surface area contributed by atoms with E-state index < -0.39 is 0 Å². The molecule has 0 radical (unpaired) electrons. The van der Waals surface area contributed by atoms with Crippen LogP contribution in [-0.2, 0) is 0 Å². The third-order valence-electron chi connectivity index (χ3n) is 2.84. The number of rotatable bonds is 6. The molecule has 3 heteroatoms. The molecule has 1 N–H and O–H groups in total. The van der Waals surface area contributed by atoms with Crippen molar-refractivity contribution >= 4 is 0 Å². The molecule has 0 saturated carbocycles. The van der Waals surface area contributed by atoms with Gasteiger partial charge < -0.3 is 10.1 Å². The first kappa shape index (κ1) is 15.0. The van der Waals surface area contributed by atoms with Crippen molar-refractivity contribution in [1.82, 2.24) is 5.32 Å². The fraction of sp³-hybridized carbons (Fsp3) is 0.600. The Labute approximate surface area is 110 Å².